The second kappa shape index (κ2) is 4.93. The van der Waals surface area contributed by atoms with Crippen molar-refractivity contribution in [3.05, 3.63) is 0 Å². The van der Waals surface area contributed by atoms with Crippen molar-refractivity contribution < 1.29 is 14.7 Å². The zero-order chi connectivity index (χ0) is 11.5. The van der Waals surface area contributed by atoms with Gasteiger partial charge in [-0.25, -0.2) is 0 Å². The van der Waals surface area contributed by atoms with Crippen LogP contribution in [0, 0.1) is 0 Å². The summed E-state index contributed by atoms with van der Waals surface area (Å²) in [5, 5.41) is 9.13. The third-order valence-corrected chi connectivity index (χ3v) is 3.42. The van der Waals surface area contributed by atoms with Crippen molar-refractivity contribution in [2.45, 2.75) is 31.7 Å². The second-order valence-electron chi connectivity index (χ2n) is 4.49. The third kappa shape index (κ3) is 2.25. The fourth-order valence-electron chi connectivity index (χ4n) is 2.48. The highest BCUT2D eigenvalue weighted by Gasteiger charge is 2.31. The fraction of sp³-hybridized carbons (Fsp3) is 0.818. The normalized spacial score (nSPS) is 26.7. The van der Waals surface area contributed by atoms with Gasteiger partial charge in [0, 0.05) is 19.0 Å². The van der Waals surface area contributed by atoms with Gasteiger partial charge in [-0.1, -0.05) is 0 Å². The van der Waals surface area contributed by atoms with Crippen LogP contribution in [0.2, 0.25) is 0 Å². The van der Waals surface area contributed by atoms with Crippen LogP contribution in [-0.2, 0) is 9.59 Å². The number of nitrogens with zero attached hydrogens (tertiary/aromatic N) is 2. The summed E-state index contributed by atoms with van der Waals surface area (Å²) in [5.74, 6) is -0.160. The number of carbonyl (C=O) groups is 2. The molecular weight excluding hydrogens is 208 g/mol. The summed E-state index contributed by atoms with van der Waals surface area (Å²) in [6, 6.07) is 0.0988. The molecule has 1 atom stereocenters. The van der Waals surface area contributed by atoms with E-state index < -0.39 is 0 Å². The number of hydrogen-bond donors (Lipinski definition) is 1. The molecule has 0 bridgehead atoms. The first kappa shape index (κ1) is 11.5. The molecule has 2 aliphatic rings. The molecule has 2 aliphatic heterocycles. The lowest BCUT2D eigenvalue weighted by molar-refractivity contribution is -0.142. The van der Waals surface area contributed by atoms with E-state index >= 15 is 0 Å². The zero-order valence-electron chi connectivity index (χ0n) is 9.39. The minimum atomic E-state index is -0.108. The third-order valence-electron chi connectivity index (χ3n) is 3.42. The summed E-state index contributed by atoms with van der Waals surface area (Å²) in [7, 11) is 0. The minimum Gasteiger partial charge on any atom is -0.395 e. The molecule has 2 saturated heterocycles. The number of hydrogen-bond acceptors (Lipinski definition) is 4. The quantitative estimate of drug-likeness (QED) is 0.711. The van der Waals surface area contributed by atoms with Gasteiger partial charge >= 0.3 is 0 Å². The van der Waals surface area contributed by atoms with Gasteiger partial charge in [0.05, 0.1) is 13.2 Å². The van der Waals surface area contributed by atoms with Crippen LogP contribution in [0.15, 0.2) is 0 Å². The van der Waals surface area contributed by atoms with E-state index in [4.69, 9.17) is 5.11 Å². The Kier molecular flexibility index (Phi) is 3.56. The number of amides is 2. The first-order valence-corrected chi connectivity index (χ1v) is 5.90. The van der Waals surface area contributed by atoms with Crippen molar-refractivity contribution in [2.24, 2.45) is 0 Å². The van der Waals surface area contributed by atoms with E-state index in [1.165, 1.54) is 4.90 Å². The van der Waals surface area contributed by atoms with Gasteiger partial charge in [0.1, 0.15) is 0 Å². The maximum Gasteiger partial charge on any atom is 0.243 e. The highest BCUT2D eigenvalue weighted by Crippen LogP contribution is 2.17. The van der Waals surface area contributed by atoms with Crippen molar-refractivity contribution in [1.82, 2.24) is 9.80 Å². The molecule has 2 rings (SSSR count). The van der Waals surface area contributed by atoms with Crippen molar-refractivity contribution in [2.75, 3.05) is 26.2 Å². The Morgan fingerprint density at radius 2 is 2.19 bits per heavy atom. The van der Waals surface area contributed by atoms with Gasteiger partial charge in [-0.15, -0.1) is 0 Å². The van der Waals surface area contributed by atoms with E-state index in [9.17, 15) is 9.59 Å². The smallest absolute Gasteiger partial charge is 0.243 e. The molecule has 2 amide bonds. The standard InChI is InChI=1S/C11H18N2O3/c14-8-9-3-1-5-12(9)7-11(16)13-6-2-4-10(13)15/h9,14H,1-8H2/t9-/m1/s1. The summed E-state index contributed by atoms with van der Waals surface area (Å²) < 4.78 is 0. The average molecular weight is 226 g/mol. The minimum absolute atomic E-state index is 0.0512. The topological polar surface area (TPSA) is 60.9 Å². The number of aliphatic hydroxyl groups is 1. The van der Waals surface area contributed by atoms with Gasteiger partial charge < -0.3 is 5.11 Å². The van der Waals surface area contributed by atoms with E-state index in [1.54, 1.807) is 0 Å². The molecule has 0 saturated carbocycles. The molecule has 2 heterocycles. The lowest BCUT2D eigenvalue weighted by Crippen LogP contribution is -2.43. The van der Waals surface area contributed by atoms with Crippen LogP contribution >= 0.6 is 0 Å². The largest absolute Gasteiger partial charge is 0.395 e. The number of likely N-dealkylation sites (tertiary alicyclic amines) is 2. The maximum absolute atomic E-state index is 11.9. The Labute approximate surface area is 95.0 Å². The SMILES string of the molecule is O=C1CCCN1C(=O)CN1CCC[C@@H]1CO. The first-order valence-electron chi connectivity index (χ1n) is 5.90. The molecule has 0 aromatic heterocycles. The molecule has 0 radical (unpaired) electrons. The van der Waals surface area contributed by atoms with E-state index in [1.807, 2.05) is 4.90 Å². The van der Waals surface area contributed by atoms with Crippen LogP contribution in [0.4, 0.5) is 0 Å². The van der Waals surface area contributed by atoms with Crippen LogP contribution in [0.1, 0.15) is 25.7 Å². The van der Waals surface area contributed by atoms with Crippen LogP contribution in [-0.4, -0.2) is 59.0 Å². The summed E-state index contributed by atoms with van der Waals surface area (Å²) in [4.78, 5) is 26.6. The summed E-state index contributed by atoms with van der Waals surface area (Å²) >= 11 is 0. The highest BCUT2D eigenvalue weighted by molar-refractivity contribution is 5.97. The second-order valence-corrected chi connectivity index (χ2v) is 4.49. The predicted molar refractivity (Wildman–Crippen MR) is 57.6 cm³/mol. The molecule has 0 unspecified atom stereocenters. The number of aliphatic hydroxyl groups excluding tert-OH is 1. The Morgan fingerprint density at radius 1 is 1.38 bits per heavy atom. The van der Waals surface area contributed by atoms with Crippen LogP contribution in [0.5, 0.6) is 0 Å². The monoisotopic (exact) mass is 226 g/mol. The molecule has 5 heteroatoms. The van der Waals surface area contributed by atoms with Crippen LogP contribution < -0.4 is 0 Å². The molecule has 2 fully saturated rings. The van der Waals surface area contributed by atoms with E-state index in [0.29, 0.717) is 13.0 Å². The highest BCUT2D eigenvalue weighted by atomic mass is 16.3. The molecule has 0 aliphatic carbocycles. The number of rotatable bonds is 3. The van der Waals surface area contributed by atoms with Gasteiger partial charge in [0.25, 0.3) is 0 Å². The van der Waals surface area contributed by atoms with Gasteiger partial charge in [-0.3, -0.25) is 19.4 Å². The molecule has 0 spiro atoms. The Morgan fingerprint density at radius 3 is 2.81 bits per heavy atom. The predicted octanol–water partition coefficient (Wildman–Crippen LogP) is -0.408. The Balaban J connectivity index is 1.89. The maximum atomic E-state index is 11.9. The molecule has 90 valence electrons. The molecule has 0 aromatic carbocycles. The average Bonchev–Trinajstić information content (AvgIpc) is 2.86. The van der Waals surface area contributed by atoms with Crippen LogP contribution in [0.3, 0.4) is 0 Å². The van der Waals surface area contributed by atoms with Gasteiger partial charge in [-0.05, 0) is 25.8 Å². The lowest BCUT2D eigenvalue weighted by Gasteiger charge is -2.24. The molecule has 1 N–H and O–H groups in total. The fourth-order valence-corrected chi connectivity index (χ4v) is 2.48. The molecular formula is C11H18N2O3. The number of carbonyl (C=O) groups excluding carboxylic acids is 2. The molecule has 0 aromatic rings. The number of imide groups is 1. The summed E-state index contributed by atoms with van der Waals surface area (Å²) in [5.41, 5.74) is 0. The van der Waals surface area contributed by atoms with Crippen LogP contribution in [0.25, 0.3) is 0 Å². The van der Waals surface area contributed by atoms with E-state index in [-0.39, 0.29) is 31.0 Å². The first-order chi connectivity index (χ1) is 7.72. The van der Waals surface area contributed by atoms with Crippen molar-refractivity contribution in [1.29, 1.82) is 0 Å². The Hall–Kier alpha value is -0.940. The summed E-state index contributed by atoms with van der Waals surface area (Å²) in [6.07, 6.45) is 3.24. The van der Waals surface area contributed by atoms with Crippen molar-refractivity contribution in [3.8, 4) is 0 Å². The zero-order valence-corrected chi connectivity index (χ0v) is 9.39. The van der Waals surface area contributed by atoms with Gasteiger partial charge in [0.15, 0.2) is 0 Å². The van der Waals surface area contributed by atoms with Gasteiger partial charge in [-0.2, -0.15) is 0 Å². The lowest BCUT2D eigenvalue weighted by atomic mass is 10.2. The summed E-state index contributed by atoms with van der Waals surface area (Å²) in [6.45, 7) is 1.78. The molecule has 5 nitrogen and oxygen atoms in total. The van der Waals surface area contributed by atoms with Gasteiger partial charge in [0.2, 0.25) is 11.8 Å². The molecule has 16 heavy (non-hydrogen) atoms. The van der Waals surface area contributed by atoms with E-state index in [2.05, 4.69) is 0 Å². The Bertz CT molecular complexity index is 293. The van der Waals surface area contributed by atoms with Crippen molar-refractivity contribution >= 4 is 11.8 Å². The van der Waals surface area contributed by atoms with Crippen molar-refractivity contribution in [3.63, 3.8) is 0 Å². The van der Waals surface area contributed by atoms with E-state index in [0.717, 1.165) is 25.8 Å².